The predicted molar refractivity (Wildman–Crippen MR) is 94.0 cm³/mol. The van der Waals surface area contributed by atoms with Crippen LogP contribution < -0.4 is 10.7 Å². The van der Waals surface area contributed by atoms with Gasteiger partial charge in [0.25, 0.3) is 5.56 Å². The number of carboxylic acid groups (broad SMARTS) is 1. The van der Waals surface area contributed by atoms with Crippen molar-refractivity contribution < 1.29 is 9.90 Å². The summed E-state index contributed by atoms with van der Waals surface area (Å²) in [7, 11) is 0. The van der Waals surface area contributed by atoms with Gasteiger partial charge in [0.1, 0.15) is 5.69 Å². The molecule has 3 rings (SSSR count). The minimum Gasteiger partial charge on any atom is -0.545 e. The van der Waals surface area contributed by atoms with E-state index in [2.05, 4.69) is 4.98 Å². The molecule has 0 saturated carbocycles. The quantitative estimate of drug-likeness (QED) is 0.731. The van der Waals surface area contributed by atoms with E-state index in [1.807, 2.05) is 31.4 Å². The first kappa shape index (κ1) is 16.1. The molecule has 5 nitrogen and oxygen atoms in total. The molecule has 0 saturated heterocycles. The Kier molecular flexibility index (Phi) is 4.31. The highest BCUT2D eigenvalue weighted by atomic mass is 32.1. The van der Waals surface area contributed by atoms with Gasteiger partial charge in [-0.25, -0.2) is 4.98 Å². The fourth-order valence-corrected chi connectivity index (χ4v) is 3.35. The Balaban J connectivity index is 2.18. The zero-order valence-corrected chi connectivity index (χ0v) is 14.1. The molecule has 0 amide bonds. The lowest BCUT2D eigenvalue weighted by Crippen LogP contribution is -2.25. The van der Waals surface area contributed by atoms with Crippen molar-refractivity contribution in [3.05, 3.63) is 61.7 Å². The number of hydrogen-bond acceptors (Lipinski definition) is 5. The van der Waals surface area contributed by atoms with E-state index in [0.717, 1.165) is 10.4 Å². The molecule has 0 aliphatic heterocycles. The molecular weight excluding hydrogens is 324 g/mol. The van der Waals surface area contributed by atoms with Crippen molar-refractivity contribution in [3.63, 3.8) is 0 Å². The van der Waals surface area contributed by atoms with Gasteiger partial charge in [0.2, 0.25) is 0 Å². The molecule has 3 aromatic rings. The van der Waals surface area contributed by atoms with Gasteiger partial charge in [-0.1, -0.05) is 6.07 Å². The molecule has 0 N–H and O–H groups in total. The van der Waals surface area contributed by atoms with Gasteiger partial charge in [-0.05, 0) is 60.7 Å². The third kappa shape index (κ3) is 2.88. The number of aromatic nitrogens is 2. The highest BCUT2D eigenvalue weighted by Crippen LogP contribution is 2.19. The first-order valence-corrected chi connectivity index (χ1v) is 8.37. The average Bonchev–Trinajstić information content (AvgIpc) is 2.97. The molecule has 0 fully saturated rings. The number of thiophene rings is 1. The summed E-state index contributed by atoms with van der Waals surface area (Å²) in [5.41, 5.74) is 2.33. The maximum atomic E-state index is 12.6. The number of benzene rings is 1. The number of aryl methyl sites for hydroxylation is 2. The van der Waals surface area contributed by atoms with Crippen LogP contribution in [0.4, 0.5) is 0 Å². The van der Waals surface area contributed by atoms with Crippen molar-refractivity contribution in [2.75, 3.05) is 0 Å². The Bertz CT molecular complexity index is 1010. The Morgan fingerprint density at radius 2 is 2.12 bits per heavy atom. The van der Waals surface area contributed by atoms with E-state index >= 15 is 0 Å². The third-order valence-corrected chi connectivity index (χ3v) is 4.80. The zero-order valence-electron chi connectivity index (χ0n) is 13.3. The molecule has 0 aliphatic carbocycles. The maximum Gasteiger partial charge on any atom is 0.276 e. The van der Waals surface area contributed by atoms with Crippen LogP contribution in [0.2, 0.25) is 0 Å². The molecule has 122 valence electrons. The lowest BCUT2D eigenvalue weighted by atomic mass is 10.2. The van der Waals surface area contributed by atoms with Crippen LogP contribution in [0.3, 0.4) is 0 Å². The van der Waals surface area contributed by atoms with Crippen LogP contribution in [-0.2, 0) is 6.54 Å². The average molecular weight is 339 g/mol. The monoisotopic (exact) mass is 339 g/mol. The third-order valence-electron chi connectivity index (χ3n) is 3.82. The number of carbonyl (C=O) groups is 1. The summed E-state index contributed by atoms with van der Waals surface area (Å²) >= 11 is 1.59. The van der Waals surface area contributed by atoms with E-state index in [1.54, 1.807) is 28.0 Å². The summed E-state index contributed by atoms with van der Waals surface area (Å²) in [6.07, 6.45) is 3.54. The van der Waals surface area contributed by atoms with Gasteiger partial charge < -0.3 is 14.5 Å². The van der Waals surface area contributed by atoms with Crippen LogP contribution in [0, 0.1) is 6.92 Å². The van der Waals surface area contributed by atoms with E-state index in [0.29, 0.717) is 17.6 Å². The Labute approximate surface area is 142 Å². The number of nitrogens with zero attached hydrogens (tertiary/aromatic N) is 2. The zero-order chi connectivity index (χ0) is 17.3. The summed E-state index contributed by atoms with van der Waals surface area (Å²) in [5, 5.41) is 13.0. The van der Waals surface area contributed by atoms with Gasteiger partial charge in [-0.3, -0.25) is 4.79 Å². The van der Waals surface area contributed by atoms with Crippen molar-refractivity contribution in [1.82, 2.24) is 9.55 Å². The van der Waals surface area contributed by atoms with Gasteiger partial charge >= 0.3 is 0 Å². The van der Waals surface area contributed by atoms with Crippen LogP contribution in [0.5, 0.6) is 0 Å². The molecule has 24 heavy (non-hydrogen) atoms. The molecule has 0 bridgehead atoms. The number of fused-ring (bicyclic) bond motifs is 1. The summed E-state index contributed by atoms with van der Waals surface area (Å²) in [6.45, 7) is 4.34. The highest BCUT2D eigenvalue weighted by Gasteiger charge is 2.09. The Hall–Kier alpha value is -2.73. The number of carboxylic acids is 1. The fraction of sp³-hybridized carbons (Fsp3) is 0.167. The van der Waals surface area contributed by atoms with Crippen LogP contribution in [0.25, 0.3) is 23.2 Å². The van der Waals surface area contributed by atoms with E-state index in [1.165, 1.54) is 12.1 Å². The fourth-order valence-electron chi connectivity index (χ4n) is 2.53. The van der Waals surface area contributed by atoms with Crippen molar-refractivity contribution >= 4 is 40.5 Å². The van der Waals surface area contributed by atoms with E-state index < -0.39 is 5.97 Å². The van der Waals surface area contributed by atoms with E-state index in [-0.39, 0.29) is 16.8 Å². The number of carbonyl (C=O) groups excluding carboxylic acids is 1. The van der Waals surface area contributed by atoms with E-state index in [4.69, 9.17) is 0 Å². The van der Waals surface area contributed by atoms with Crippen molar-refractivity contribution in [2.45, 2.75) is 20.4 Å². The molecule has 1 aromatic carbocycles. The highest BCUT2D eigenvalue weighted by molar-refractivity contribution is 7.11. The minimum atomic E-state index is -1.26. The molecule has 6 heteroatoms. The van der Waals surface area contributed by atoms with Crippen LogP contribution >= 0.6 is 11.3 Å². The van der Waals surface area contributed by atoms with Crippen LogP contribution in [0.15, 0.2) is 34.4 Å². The topological polar surface area (TPSA) is 75.0 Å². The maximum absolute atomic E-state index is 12.6. The predicted octanol–water partition coefficient (Wildman–Crippen LogP) is 2.32. The van der Waals surface area contributed by atoms with Crippen molar-refractivity contribution in [3.8, 4) is 0 Å². The molecule has 0 aliphatic rings. The lowest BCUT2D eigenvalue weighted by molar-refractivity contribution is -0.255. The minimum absolute atomic E-state index is 0.0420. The van der Waals surface area contributed by atoms with E-state index in [9.17, 15) is 14.7 Å². The molecule has 0 radical (unpaired) electrons. The van der Waals surface area contributed by atoms with Gasteiger partial charge in [0.15, 0.2) is 0 Å². The summed E-state index contributed by atoms with van der Waals surface area (Å²) in [5.74, 6) is -1.26. The van der Waals surface area contributed by atoms with Crippen molar-refractivity contribution in [1.29, 1.82) is 0 Å². The van der Waals surface area contributed by atoms with Crippen LogP contribution in [0.1, 0.15) is 33.4 Å². The van der Waals surface area contributed by atoms with Crippen LogP contribution in [-0.4, -0.2) is 15.5 Å². The standard InChI is InChI=1S/C18H16N2O3S/c1-3-20-15-6-4-12(18(22)23)10-14(15)19-13(17(20)21)5-7-16-11(2)8-9-24-16/h4-10H,3H2,1-2H3,(H,22,23)/p-1/b7-5+. The Morgan fingerprint density at radius 1 is 1.33 bits per heavy atom. The molecule has 0 unspecified atom stereocenters. The Morgan fingerprint density at radius 3 is 2.75 bits per heavy atom. The molecule has 2 aromatic heterocycles. The SMILES string of the molecule is CCn1c(=O)c(/C=C/c2sccc2C)nc2cc(C(=O)[O-])ccc21. The molecule has 2 heterocycles. The first-order chi connectivity index (χ1) is 11.5. The first-order valence-electron chi connectivity index (χ1n) is 7.49. The summed E-state index contributed by atoms with van der Waals surface area (Å²) < 4.78 is 1.59. The molecule has 0 spiro atoms. The number of aromatic carboxylic acids is 1. The molecule has 0 atom stereocenters. The second kappa shape index (κ2) is 6.41. The summed E-state index contributed by atoms with van der Waals surface area (Å²) in [6, 6.07) is 6.46. The normalized spacial score (nSPS) is 11.4. The van der Waals surface area contributed by atoms with Gasteiger partial charge in [-0.2, -0.15) is 0 Å². The lowest BCUT2D eigenvalue weighted by Gasteiger charge is -2.10. The smallest absolute Gasteiger partial charge is 0.276 e. The van der Waals surface area contributed by atoms with Gasteiger partial charge in [-0.15, -0.1) is 11.3 Å². The molecular formula is C18H15N2O3S-. The number of hydrogen-bond donors (Lipinski definition) is 0. The largest absolute Gasteiger partial charge is 0.545 e. The summed E-state index contributed by atoms with van der Waals surface area (Å²) in [4.78, 5) is 29.1. The second-order valence-corrected chi connectivity index (χ2v) is 6.29. The van der Waals surface area contributed by atoms with Gasteiger partial charge in [0, 0.05) is 11.4 Å². The van der Waals surface area contributed by atoms with Crippen molar-refractivity contribution in [2.24, 2.45) is 0 Å². The number of rotatable bonds is 4. The van der Waals surface area contributed by atoms with Gasteiger partial charge in [0.05, 0.1) is 17.0 Å². The second-order valence-electron chi connectivity index (χ2n) is 5.34.